The molecular weight excluding hydrogens is 246 g/mol. The summed E-state index contributed by atoms with van der Waals surface area (Å²) in [5.41, 5.74) is 2.41. The summed E-state index contributed by atoms with van der Waals surface area (Å²) in [4.78, 5) is 2.56. The van der Waals surface area contributed by atoms with Gasteiger partial charge >= 0.3 is 0 Å². The number of aryl methyl sites for hydroxylation is 1. The highest BCUT2D eigenvalue weighted by atomic mass is 15.3. The molecule has 2 heterocycles. The molecule has 0 bridgehead atoms. The lowest BCUT2D eigenvalue weighted by Crippen LogP contribution is -2.32. The van der Waals surface area contributed by atoms with Gasteiger partial charge in [0.1, 0.15) is 0 Å². The minimum absolute atomic E-state index is 1.01. The van der Waals surface area contributed by atoms with Crippen LogP contribution in [0.15, 0.2) is 24.3 Å². The average molecular weight is 273 g/mol. The van der Waals surface area contributed by atoms with Crippen molar-refractivity contribution in [2.24, 2.45) is 0 Å². The fraction of sp³-hybridized carbons (Fsp3) is 0.588. The van der Waals surface area contributed by atoms with Crippen molar-refractivity contribution >= 4 is 10.9 Å². The number of rotatable bonds is 3. The Morgan fingerprint density at radius 3 is 2.45 bits per heavy atom. The van der Waals surface area contributed by atoms with Crippen molar-refractivity contribution < 1.29 is 0 Å². The Morgan fingerprint density at radius 2 is 1.70 bits per heavy atom. The first kappa shape index (κ1) is 15.0. The predicted molar refractivity (Wildman–Crippen MR) is 86.1 cm³/mol. The molecule has 0 N–H and O–H groups in total. The van der Waals surface area contributed by atoms with Crippen LogP contribution in [0.4, 0.5) is 0 Å². The first-order valence-corrected chi connectivity index (χ1v) is 7.99. The van der Waals surface area contributed by atoms with Crippen molar-refractivity contribution in [1.82, 2.24) is 14.7 Å². The highest BCUT2D eigenvalue weighted by Crippen LogP contribution is 2.17. The molecule has 1 aromatic heterocycles. The Kier molecular flexibility index (Phi) is 5.60. The van der Waals surface area contributed by atoms with Gasteiger partial charge in [0.05, 0.1) is 17.8 Å². The van der Waals surface area contributed by atoms with E-state index in [1.165, 1.54) is 43.3 Å². The molecule has 3 nitrogen and oxygen atoms in total. The number of likely N-dealkylation sites (tertiary alicyclic amines) is 1. The van der Waals surface area contributed by atoms with Crippen LogP contribution >= 0.6 is 0 Å². The summed E-state index contributed by atoms with van der Waals surface area (Å²) in [6.07, 6.45) is 4.12. The van der Waals surface area contributed by atoms with Gasteiger partial charge in [-0.25, -0.2) is 0 Å². The van der Waals surface area contributed by atoms with Crippen LogP contribution in [-0.2, 0) is 6.54 Å². The van der Waals surface area contributed by atoms with Crippen LogP contribution in [0.2, 0.25) is 0 Å². The lowest BCUT2D eigenvalue weighted by Gasteiger charge is -2.26. The number of fused-ring (bicyclic) bond motifs is 1. The maximum atomic E-state index is 4.66. The SMILES string of the molecule is CC.Cc1nn(CCN2CCCCC2)c2ccccc12. The van der Waals surface area contributed by atoms with E-state index in [1.807, 2.05) is 13.8 Å². The van der Waals surface area contributed by atoms with Crippen LogP contribution in [0, 0.1) is 6.92 Å². The van der Waals surface area contributed by atoms with Crippen molar-refractivity contribution in [2.45, 2.75) is 46.6 Å². The van der Waals surface area contributed by atoms with Gasteiger partial charge in [0.25, 0.3) is 0 Å². The molecule has 110 valence electrons. The third-order valence-electron chi connectivity index (χ3n) is 3.92. The third-order valence-corrected chi connectivity index (χ3v) is 3.92. The number of nitrogens with zero attached hydrogens (tertiary/aromatic N) is 3. The summed E-state index contributed by atoms with van der Waals surface area (Å²) in [5, 5.41) is 5.95. The molecule has 1 aromatic carbocycles. The van der Waals surface area contributed by atoms with E-state index in [0.29, 0.717) is 0 Å². The molecular formula is C17H27N3. The predicted octanol–water partition coefficient (Wildman–Crippen LogP) is 3.86. The van der Waals surface area contributed by atoms with Gasteiger partial charge in [-0.05, 0) is 38.9 Å². The maximum Gasteiger partial charge on any atom is 0.0685 e. The molecule has 20 heavy (non-hydrogen) atoms. The summed E-state index contributed by atoms with van der Waals surface area (Å²) in [6.45, 7) is 10.8. The maximum absolute atomic E-state index is 4.66. The van der Waals surface area contributed by atoms with Crippen molar-refractivity contribution in [2.75, 3.05) is 19.6 Å². The second-order valence-electron chi connectivity index (χ2n) is 5.23. The van der Waals surface area contributed by atoms with Gasteiger partial charge in [0.2, 0.25) is 0 Å². The van der Waals surface area contributed by atoms with Gasteiger partial charge in [0, 0.05) is 11.9 Å². The molecule has 1 aliphatic rings. The molecule has 0 spiro atoms. The second kappa shape index (κ2) is 7.44. The van der Waals surface area contributed by atoms with Crippen molar-refractivity contribution in [3.8, 4) is 0 Å². The van der Waals surface area contributed by atoms with E-state index in [4.69, 9.17) is 0 Å². The molecule has 0 radical (unpaired) electrons. The Labute approximate surface area is 122 Å². The van der Waals surface area contributed by atoms with E-state index in [0.717, 1.165) is 18.8 Å². The fourth-order valence-electron chi connectivity index (χ4n) is 2.88. The van der Waals surface area contributed by atoms with Crippen LogP contribution in [0.3, 0.4) is 0 Å². The zero-order valence-electron chi connectivity index (χ0n) is 13.1. The quantitative estimate of drug-likeness (QED) is 0.847. The van der Waals surface area contributed by atoms with Gasteiger partial charge in [-0.3, -0.25) is 4.68 Å². The highest BCUT2D eigenvalue weighted by Gasteiger charge is 2.11. The summed E-state index contributed by atoms with van der Waals surface area (Å²) in [5.74, 6) is 0. The average Bonchev–Trinajstić information content (AvgIpc) is 2.85. The van der Waals surface area contributed by atoms with Gasteiger partial charge < -0.3 is 4.90 Å². The van der Waals surface area contributed by atoms with E-state index in [2.05, 4.69) is 45.9 Å². The number of hydrogen-bond acceptors (Lipinski definition) is 2. The van der Waals surface area contributed by atoms with Crippen LogP contribution < -0.4 is 0 Å². The lowest BCUT2D eigenvalue weighted by molar-refractivity contribution is 0.219. The highest BCUT2D eigenvalue weighted by molar-refractivity contribution is 5.81. The molecule has 1 saturated heterocycles. The number of para-hydroxylation sites is 1. The molecule has 0 saturated carbocycles. The molecule has 1 fully saturated rings. The number of aromatic nitrogens is 2. The number of hydrogen-bond donors (Lipinski definition) is 0. The van der Waals surface area contributed by atoms with Crippen LogP contribution in [0.25, 0.3) is 10.9 Å². The minimum atomic E-state index is 1.01. The first-order valence-electron chi connectivity index (χ1n) is 7.99. The smallest absolute Gasteiger partial charge is 0.0685 e. The van der Waals surface area contributed by atoms with Crippen LogP contribution in [0.5, 0.6) is 0 Å². The van der Waals surface area contributed by atoms with E-state index in [9.17, 15) is 0 Å². The van der Waals surface area contributed by atoms with Crippen molar-refractivity contribution in [3.63, 3.8) is 0 Å². The molecule has 0 aliphatic carbocycles. The minimum Gasteiger partial charge on any atom is -0.301 e. The van der Waals surface area contributed by atoms with Gasteiger partial charge in [-0.15, -0.1) is 0 Å². The van der Waals surface area contributed by atoms with Crippen molar-refractivity contribution in [1.29, 1.82) is 0 Å². The van der Waals surface area contributed by atoms with Gasteiger partial charge in [-0.1, -0.05) is 38.5 Å². The largest absolute Gasteiger partial charge is 0.301 e. The van der Waals surface area contributed by atoms with Gasteiger partial charge in [-0.2, -0.15) is 5.10 Å². The normalized spacial score (nSPS) is 15.9. The lowest BCUT2D eigenvalue weighted by atomic mass is 10.1. The number of piperidine rings is 1. The fourth-order valence-corrected chi connectivity index (χ4v) is 2.88. The summed E-state index contributed by atoms with van der Waals surface area (Å²) < 4.78 is 2.17. The summed E-state index contributed by atoms with van der Waals surface area (Å²) in [7, 11) is 0. The van der Waals surface area contributed by atoms with Crippen LogP contribution in [-0.4, -0.2) is 34.3 Å². The van der Waals surface area contributed by atoms with Gasteiger partial charge in [0.15, 0.2) is 0 Å². The molecule has 0 atom stereocenters. The Bertz CT molecular complexity index is 524. The summed E-state index contributed by atoms with van der Waals surface area (Å²) in [6, 6.07) is 8.52. The zero-order valence-corrected chi connectivity index (χ0v) is 13.1. The van der Waals surface area contributed by atoms with E-state index in [1.54, 1.807) is 0 Å². The second-order valence-corrected chi connectivity index (χ2v) is 5.23. The molecule has 1 aliphatic heterocycles. The molecule has 2 aromatic rings. The molecule has 0 amide bonds. The summed E-state index contributed by atoms with van der Waals surface area (Å²) >= 11 is 0. The standard InChI is InChI=1S/C15H21N3.C2H6/c1-13-14-7-3-4-8-15(14)18(16-13)12-11-17-9-5-2-6-10-17;1-2/h3-4,7-8H,2,5-6,9-12H2,1H3;1-2H3. The Morgan fingerprint density at radius 1 is 1.00 bits per heavy atom. The Balaban J connectivity index is 0.000000704. The van der Waals surface area contributed by atoms with Crippen LogP contribution in [0.1, 0.15) is 38.8 Å². The molecule has 3 rings (SSSR count). The van der Waals surface area contributed by atoms with E-state index in [-0.39, 0.29) is 0 Å². The zero-order chi connectivity index (χ0) is 14.4. The molecule has 0 unspecified atom stereocenters. The first-order chi connectivity index (χ1) is 9.84. The molecule has 3 heteroatoms. The topological polar surface area (TPSA) is 21.1 Å². The Hall–Kier alpha value is -1.35. The van der Waals surface area contributed by atoms with E-state index < -0.39 is 0 Å². The number of benzene rings is 1. The monoisotopic (exact) mass is 273 g/mol. The van der Waals surface area contributed by atoms with Crippen molar-refractivity contribution in [3.05, 3.63) is 30.0 Å². The third kappa shape index (κ3) is 3.40. The van der Waals surface area contributed by atoms with E-state index >= 15 is 0 Å².